The van der Waals surface area contributed by atoms with Crippen molar-refractivity contribution in [1.29, 1.82) is 0 Å². The highest BCUT2D eigenvalue weighted by atomic mass is 19.3. The number of hydrogen-bond donors (Lipinski definition) is 2. The third kappa shape index (κ3) is 1.30. The maximum absolute atomic E-state index is 13.7. The highest BCUT2D eigenvalue weighted by Gasteiger charge is 2.65. The van der Waals surface area contributed by atoms with Crippen molar-refractivity contribution in [2.24, 2.45) is 0 Å². The molecule has 0 radical (unpaired) electrons. The highest BCUT2D eigenvalue weighted by Crippen LogP contribution is 2.38. The van der Waals surface area contributed by atoms with Gasteiger partial charge in [-0.2, -0.15) is 0 Å². The molecule has 5 nitrogen and oxygen atoms in total. The van der Waals surface area contributed by atoms with Crippen molar-refractivity contribution in [2.75, 3.05) is 20.1 Å². The van der Waals surface area contributed by atoms with Crippen LogP contribution < -0.4 is 10.6 Å². The quantitative estimate of drug-likeness (QED) is 0.542. The first-order valence-corrected chi connectivity index (χ1v) is 4.57. The fourth-order valence-electron chi connectivity index (χ4n) is 2.02. The van der Waals surface area contributed by atoms with E-state index < -0.39 is 29.9 Å². The Labute approximate surface area is 84.8 Å². The molecule has 1 spiro atoms. The van der Waals surface area contributed by atoms with Gasteiger partial charge in [-0.05, 0) is 13.5 Å². The van der Waals surface area contributed by atoms with Gasteiger partial charge in [0.2, 0.25) is 0 Å². The van der Waals surface area contributed by atoms with E-state index >= 15 is 0 Å². The topological polar surface area (TPSA) is 61.4 Å². The molecule has 0 bridgehead atoms. The molecule has 3 amide bonds. The summed E-state index contributed by atoms with van der Waals surface area (Å²) in [6, 6.07) is -0.843. The van der Waals surface area contributed by atoms with Crippen LogP contribution in [0.5, 0.6) is 0 Å². The predicted molar refractivity (Wildman–Crippen MR) is 46.5 cm³/mol. The smallest absolute Gasteiger partial charge is 0.318 e. The molecule has 0 saturated carbocycles. The second-order valence-corrected chi connectivity index (χ2v) is 4.01. The average Bonchev–Trinajstić information content (AvgIpc) is 2.36. The highest BCUT2D eigenvalue weighted by molar-refractivity contribution is 6.07. The van der Waals surface area contributed by atoms with Crippen LogP contribution in [0.4, 0.5) is 13.6 Å². The SMILES string of the molecule is CN1CCC2(NC(=O)NC2=O)C(F)(F)C1. The molecular weight excluding hydrogens is 208 g/mol. The summed E-state index contributed by atoms with van der Waals surface area (Å²) in [5, 5.41) is 3.91. The first-order valence-electron chi connectivity index (χ1n) is 4.57. The zero-order valence-electron chi connectivity index (χ0n) is 8.14. The minimum absolute atomic E-state index is 0.0753. The molecule has 7 heteroatoms. The van der Waals surface area contributed by atoms with Gasteiger partial charge in [0.15, 0.2) is 5.54 Å². The number of amides is 3. The van der Waals surface area contributed by atoms with Gasteiger partial charge in [0.25, 0.3) is 11.8 Å². The van der Waals surface area contributed by atoms with E-state index in [1.165, 1.54) is 4.90 Å². The van der Waals surface area contributed by atoms with Crippen molar-refractivity contribution in [3.05, 3.63) is 0 Å². The molecule has 0 aromatic carbocycles. The Kier molecular flexibility index (Phi) is 1.97. The number of imide groups is 1. The molecule has 0 aromatic heterocycles. The average molecular weight is 219 g/mol. The number of piperidine rings is 1. The summed E-state index contributed by atoms with van der Waals surface area (Å²) in [4.78, 5) is 23.7. The molecule has 2 rings (SSSR count). The summed E-state index contributed by atoms with van der Waals surface area (Å²) in [5.41, 5.74) is -2.05. The van der Waals surface area contributed by atoms with Crippen molar-refractivity contribution in [3.63, 3.8) is 0 Å². The van der Waals surface area contributed by atoms with Crippen LogP contribution >= 0.6 is 0 Å². The van der Waals surface area contributed by atoms with Crippen molar-refractivity contribution >= 4 is 11.9 Å². The Morgan fingerprint density at radius 1 is 1.40 bits per heavy atom. The van der Waals surface area contributed by atoms with E-state index in [4.69, 9.17) is 0 Å². The van der Waals surface area contributed by atoms with E-state index in [1.54, 1.807) is 7.05 Å². The minimum atomic E-state index is -3.24. The number of halogens is 2. The van der Waals surface area contributed by atoms with Crippen LogP contribution in [0.15, 0.2) is 0 Å². The number of urea groups is 1. The van der Waals surface area contributed by atoms with E-state index in [2.05, 4.69) is 5.32 Å². The summed E-state index contributed by atoms with van der Waals surface area (Å²) in [6.45, 7) is -0.177. The zero-order valence-corrected chi connectivity index (χ0v) is 8.14. The lowest BCUT2D eigenvalue weighted by molar-refractivity contribution is -0.155. The minimum Gasteiger partial charge on any atom is -0.318 e. The van der Waals surface area contributed by atoms with Crippen LogP contribution in [-0.4, -0.2) is 48.4 Å². The number of carbonyl (C=O) groups excluding carboxylic acids is 2. The molecule has 2 saturated heterocycles. The van der Waals surface area contributed by atoms with Crippen LogP contribution in [0.2, 0.25) is 0 Å². The molecule has 0 aromatic rings. The van der Waals surface area contributed by atoms with Gasteiger partial charge in [-0.25, -0.2) is 13.6 Å². The lowest BCUT2D eigenvalue weighted by Gasteiger charge is -2.41. The third-order valence-electron chi connectivity index (χ3n) is 2.90. The van der Waals surface area contributed by atoms with Gasteiger partial charge in [0.05, 0.1) is 6.54 Å². The maximum Gasteiger partial charge on any atom is 0.322 e. The molecular formula is C8H11F2N3O2. The second-order valence-electron chi connectivity index (χ2n) is 4.01. The Morgan fingerprint density at radius 2 is 2.07 bits per heavy atom. The van der Waals surface area contributed by atoms with Crippen LogP contribution in [0.1, 0.15) is 6.42 Å². The number of nitrogens with one attached hydrogen (secondary N) is 2. The lowest BCUT2D eigenvalue weighted by Crippen LogP contribution is -2.67. The molecule has 1 unspecified atom stereocenters. The standard InChI is InChI=1S/C8H11F2N3O2/c1-13-3-2-7(8(9,10)4-13)5(14)11-6(15)12-7/h2-4H2,1H3,(H2,11,12,14,15). The number of carbonyl (C=O) groups is 2. The molecule has 1 atom stereocenters. The van der Waals surface area contributed by atoms with Gasteiger partial charge >= 0.3 is 6.03 Å². The Bertz CT molecular complexity index is 334. The van der Waals surface area contributed by atoms with Crippen molar-refractivity contribution in [3.8, 4) is 0 Å². The predicted octanol–water partition coefficient (Wildman–Crippen LogP) is -0.465. The Balaban J connectivity index is 2.35. The summed E-state index contributed by atoms with van der Waals surface area (Å²) in [5.74, 6) is -4.17. The summed E-state index contributed by atoms with van der Waals surface area (Å²) in [6.07, 6.45) is -0.0753. The summed E-state index contributed by atoms with van der Waals surface area (Å²) in [7, 11) is 1.55. The maximum atomic E-state index is 13.7. The van der Waals surface area contributed by atoms with Crippen molar-refractivity contribution in [1.82, 2.24) is 15.5 Å². The molecule has 15 heavy (non-hydrogen) atoms. The largest absolute Gasteiger partial charge is 0.322 e. The number of hydrogen-bond acceptors (Lipinski definition) is 3. The van der Waals surface area contributed by atoms with Crippen molar-refractivity contribution < 1.29 is 18.4 Å². The van der Waals surface area contributed by atoms with Gasteiger partial charge in [-0.15, -0.1) is 0 Å². The van der Waals surface area contributed by atoms with Crippen LogP contribution in [0.25, 0.3) is 0 Å². The number of alkyl halides is 2. The van der Waals surface area contributed by atoms with Crippen molar-refractivity contribution in [2.45, 2.75) is 17.9 Å². The summed E-state index contributed by atoms with van der Waals surface area (Å²) >= 11 is 0. The van der Waals surface area contributed by atoms with Gasteiger partial charge in [0, 0.05) is 6.54 Å². The fraction of sp³-hybridized carbons (Fsp3) is 0.750. The Morgan fingerprint density at radius 3 is 2.53 bits per heavy atom. The van der Waals surface area contributed by atoms with E-state index in [0.29, 0.717) is 6.54 Å². The van der Waals surface area contributed by atoms with Gasteiger partial charge in [0.1, 0.15) is 0 Å². The first kappa shape index (κ1) is 10.3. The number of rotatable bonds is 0. The van der Waals surface area contributed by atoms with E-state index in [9.17, 15) is 18.4 Å². The summed E-state index contributed by atoms with van der Waals surface area (Å²) < 4.78 is 27.4. The van der Waals surface area contributed by atoms with Gasteiger partial charge in [-0.1, -0.05) is 0 Å². The molecule has 2 fully saturated rings. The lowest BCUT2D eigenvalue weighted by atomic mass is 9.84. The monoisotopic (exact) mass is 219 g/mol. The molecule has 2 heterocycles. The first-order chi connectivity index (χ1) is 6.87. The Hall–Kier alpha value is -1.24. The van der Waals surface area contributed by atoms with E-state index in [1.807, 2.05) is 5.32 Å². The number of likely N-dealkylation sites (tertiary alicyclic amines) is 1. The van der Waals surface area contributed by atoms with Crippen LogP contribution in [0, 0.1) is 0 Å². The normalized spacial score (nSPS) is 35.4. The van der Waals surface area contributed by atoms with Crippen LogP contribution in [0.3, 0.4) is 0 Å². The van der Waals surface area contributed by atoms with E-state index in [0.717, 1.165) is 0 Å². The molecule has 2 aliphatic rings. The number of nitrogens with zero attached hydrogens (tertiary/aromatic N) is 1. The third-order valence-corrected chi connectivity index (χ3v) is 2.90. The zero-order chi connectivity index (χ0) is 11.3. The van der Waals surface area contributed by atoms with Crippen LogP contribution in [-0.2, 0) is 4.79 Å². The van der Waals surface area contributed by atoms with Gasteiger partial charge in [-0.3, -0.25) is 10.1 Å². The molecule has 0 aliphatic carbocycles. The van der Waals surface area contributed by atoms with Gasteiger partial charge < -0.3 is 10.2 Å². The van der Waals surface area contributed by atoms with E-state index in [-0.39, 0.29) is 6.42 Å². The second kappa shape index (κ2) is 2.88. The molecule has 2 N–H and O–H groups in total. The fourth-order valence-corrected chi connectivity index (χ4v) is 2.02. The molecule has 84 valence electrons. The molecule has 2 aliphatic heterocycles.